The van der Waals surface area contributed by atoms with Crippen LogP contribution in [0.15, 0.2) is 76.2 Å². The maximum Gasteiger partial charge on any atom is 0.246 e. The van der Waals surface area contributed by atoms with E-state index in [-0.39, 0.29) is 42.8 Å². The molecule has 0 radical (unpaired) electrons. The molecule has 0 spiro atoms. The molecule has 0 saturated carbocycles. The van der Waals surface area contributed by atoms with Crippen LogP contribution in [-0.4, -0.2) is 312 Å². The summed E-state index contributed by atoms with van der Waals surface area (Å²) in [6.45, 7) is 2.94. The maximum absolute atomic E-state index is 15.3. The molecule has 6 amide bonds. The van der Waals surface area contributed by atoms with Crippen molar-refractivity contribution in [1.29, 1.82) is 0 Å². The van der Waals surface area contributed by atoms with Crippen LogP contribution in [-0.2, 0) is 63.6 Å². The van der Waals surface area contributed by atoms with Crippen molar-refractivity contribution in [1.82, 2.24) is 42.1 Å². The molecule has 37 nitrogen and oxygen atoms in total. The highest BCUT2D eigenvalue weighted by Crippen LogP contribution is 2.36. The van der Waals surface area contributed by atoms with E-state index in [0.717, 1.165) is 23.3 Å². The number of allylic oxidation sites excluding steroid dienone is 2. The molecule has 5 saturated heterocycles. The Balaban J connectivity index is 0.979. The number of benzene rings is 2. The topological polar surface area (TPSA) is 574 Å². The molecule has 101 heavy (non-hydrogen) atoms. The Bertz CT molecular complexity index is 3250. The lowest BCUT2D eigenvalue weighted by Crippen LogP contribution is -2.70. The van der Waals surface area contributed by atoms with E-state index in [4.69, 9.17) is 44.6 Å². The first-order chi connectivity index (χ1) is 48.2. The minimum Gasteiger partial charge on any atom is -0.462 e. The lowest BCUT2D eigenvalue weighted by molar-refractivity contribution is -0.385. The summed E-state index contributed by atoms with van der Waals surface area (Å²) in [4.78, 5) is 97.0. The first-order valence-corrected chi connectivity index (χ1v) is 33.4. The smallest absolute Gasteiger partial charge is 0.246 e. The number of hydrogen-bond donors (Lipinski definition) is 21. The fourth-order valence-electron chi connectivity index (χ4n) is 13.1. The first kappa shape index (κ1) is 77.8. The number of rotatable bonds is 21. The standard InChI is InChI=1S/C64H94N12O25/c1-5-31(29-12-7-6-8-13-29)40-56(92)70-32(18-28-14-16-30(17-15-28)96-61-50(88)47(85)52(37(24-79)98-61)101-62-51(89)48(86)53-38(99-62)25-95-60(100-53)27(4)11-9-10-26(2)3)55(91)74-41(43(81)33-19-68-63(65)72-33)58(94)75-42(57(93)71-34(22-77)54(90)67-21-39(80)73-40)44(82)35-20-69-64(66)76(35)59-49(87)46(84)45(83)36(23-78)97-59/h6-8,10,12-17,27,31-38,40-53,59-62,77-79,81-89H,5,9,11,18-25H2,1-4H3,(H2,66,69)(H,67,90)(H,70,92)(H,71,93)(H,73,80)(H,74,91)(H,75,94)(H3,65,68,72). The summed E-state index contributed by atoms with van der Waals surface area (Å²) in [5.74, 6) is -8.87. The molecule has 560 valence electrons. The predicted octanol–water partition coefficient (Wildman–Crippen LogP) is -9.45. The van der Waals surface area contributed by atoms with Crippen LogP contribution in [0.4, 0.5) is 0 Å². The van der Waals surface area contributed by atoms with Gasteiger partial charge in [-0.25, -0.2) is 0 Å². The Morgan fingerprint density at radius 3 is 1.97 bits per heavy atom. The van der Waals surface area contributed by atoms with Crippen molar-refractivity contribution in [3.63, 3.8) is 0 Å². The van der Waals surface area contributed by atoms with Crippen molar-refractivity contribution in [3.8, 4) is 5.75 Å². The van der Waals surface area contributed by atoms with Crippen LogP contribution < -0.4 is 53.4 Å². The molecule has 0 bridgehead atoms. The van der Waals surface area contributed by atoms with Gasteiger partial charge in [-0.05, 0) is 56.4 Å². The van der Waals surface area contributed by atoms with Crippen LogP contribution in [0.5, 0.6) is 5.75 Å². The second-order valence-electron chi connectivity index (χ2n) is 26.3. The number of fused-ring (bicyclic) bond motifs is 1. The molecule has 2 aromatic rings. The van der Waals surface area contributed by atoms with Gasteiger partial charge < -0.3 is 148 Å². The number of aliphatic imine (C=N–C) groups is 2. The number of hydrogen-bond acceptors (Lipinski definition) is 31. The molecule has 37 heteroatoms. The van der Waals surface area contributed by atoms with Gasteiger partial charge in [0.2, 0.25) is 41.7 Å². The summed E-state index contributed by atoms with van der Waals surface area (Å²) in [6.07, 6.45) is -26.5. The quantitative estimate of drug-likeness (QED) is 0.0516. The highest BCUT2D eigenvalue weighted by Gasteiger charge is 2.55. The second-order valence-corrected chi connectivity index (χ2v) is 26.3. The fourth-order valence-corrected chi connectivity index (χ4v) is 13.1. The molecular formula is C64H94N12O25. The van der Waals surface area contributed by atoms with Crippen LogP contribution in [0, 0.1) is 5.92 Å². The second kappa shape index (κ2) is 34.7. The molecule has 0 aromatic heterocycles. The minimum atomic E-state index is -2.34. The molecule has 2 aromatic carbocycles. The number of aliphatic hydroxyl groups excluding tert-OH is 12. The molecule has 0 aliphatic carbocycles. The van der Waals surface area contributed by atoms with E-state index in [0.29, 0.717) is 5.56 Å². The summed E-state index contributed by atoms with van der Waals surface area (Å²) < 4.78 is 41.6. The minimum absolute atomic E-state index is 0.0375. The van der Waals surface area contributed by atoms with Gasteiger partial charge in [-0.15, -0.1) is 0 Å². The normalized spacial score (nSPS) is 36.7. The summed E-state index contributed by atoms with van der Waals surface area (Å²) in [7, 11) is 0. The van der Waals surface area contributed by atoms with E-state index in [1.165, 1.54) is 24.3 Å². The summed E-state index contributed by atoms with van der Waals surface area (Å²) >= 11 is 0. The third-order valence-corrected chi connectivity index (χ3v) is 18.9. The van der Waals surface area contributed by atoms with Gasteiger partial charge >= 0.3 is 0 Å². The van der Waals surface area contributed by atoms with E-state index < -0.39 is 239 Å². The zero-order valence-electron chi connectivity index (χ0n) is 55.8. The molecule has 7 aliphatic rings. The molecule has 5 fully saturated rings. The van der Waals surface area contributed by atoms with Crippen molar-refractivity contribution in [3.05, 3.63) is 77.4 Å². The summed E-state index contributed by atoms with van der Waals surface area (Å²) in [5, 5.41) is 151. The van der Waals surface area contributed by atoms with Gasteiger partial charge in [0.1, 0.15) is 121 Å². The number of carbonyl (C=O) groups excluding carboxylic acids is 6. The van der Waals surface area contributed by atoms with Gasteiger partial charge in [0.15, 0.2) is 30.7 Å². The predicted molar refractivity (Wildman–Crippen MR) is 347 cm³/mol. The van der Waals surface area contributed by atoms with Gasteiger partial charge in [-0.1, -0.05) is 68.0 Å². The van der Waals surface area contributed by atoms with Crippen LogP contribution in [0.25, 0.3) is 0 Å². The number of nitrogens with one attached hydrogen (secondary N) is 7. The van der Waals surface area contributed by atoms with Crippen LogP contribution in [0.2, 0.25) is 0 Å². The maximum atomic E-state index is 15.3. The van der Waals surface area contributed by atoms with Gasteiger partial charge in [-0.3, -0.25) is 38.8 Å². The lowest BCUT2D eigenvalue weighted by atomic mass is 9.88. The van der Waals surface area contributed by atoms with E-state index in [9.17, 15) is 75.7 Å². The molecule has 9 rings (SSSR count). The molecule has 7 aliphatic heterocycles. The zero-order valence-corrected chi connectivity index (χ0v) is 55.8. The Labute approximate surface area is 579 Å². The van der Waals surface area contributed by atoms with Crippen LogP contribution in [0.1, 0.15) is 64.0 Å². The monoisotopic (exact) mass is 1430 g/mol. The third-order valence-electron chi connectivity index (χ3n) is 18.9. The molecular weight excluding hydrogens is 1340 g/mol. The Kier molecular flexibility index (Phi) is 26.7. The van der Waals surface area contributed by atoms with E-state index >= 15 is 14.4 Å². The molecule has 27 atom stereocenters. The Hall–Kier alpha value is -7.38. The zero-order chi connectivity index (χ0) is 73.3. The van der Waals surface area contributed by atoms with E-state index in [2.05, 4.69) is 53.3 Å². The van der Waals surface area contributed by atoms with Crippen LogP contribution >= 0.6 is 0 Å². The van der Waals surface area contributed by atoms with Crippen molar-refractivity contribution >= 4 is 47.4 Å². The number of nitrogens with two attached hydrogens (primary N) is 2. The van der Waals surface area contributed by atoms with E-state index in [1.807, 2.05) is 20.8 Å². The number of guanidine groups is 2. The lowest BCUT2D eigenvalue weighted by Gasteiger charge is -2.49. The van der Waals surface area contributed by atoms with Crippen molar-refractivity contribution < 1.29 is 123 Å². The van der Waals surface area contributed by atoms with Gasteiger partial charge in [0, 0.05) is 18.3 Å². The highest BCUT2D eigenvalue weighted by molar-refractivity contribution is 5.98. The molecule has 27 unspecified atom stereocenters. The number of ether oxygens (including phenoxy) is 7. The first-order valence-electron chi connectivity index (χ1n) is 33.4. The van der Waals surface area contributed by atoms with Crippen molar-refractivity contribution in [2.45, 2.75) is 212 Å². The van der Waals surface area contributed by atoms with Gasteiger partial charge in [-0.2, -0.15) is 0 Å². The van der Waals surface area contributed by atoms with Crippen molar-refractivity contribution in [2.75, 3.05) is 46.1 Å². The molecule has 7 heterocycles. The van der Waals surface area contributed by atoms with Gasteiger partial charge in [0.25, 0.3) is 0 Å². The SMILES string of the molecule is CCC(c1ccccc1)C1NC(=O)CNC(=O)C(CO)NC(=O)C(C(O)C2CN=C(N)N2C2OC(CO)C(O)C(O)C2O)NC(=O)C(C(O)C2CN=C(N)N2)NC(=O)C(Cc2ccc(OC3OC(CO)C(OC4OC5COC(C(C)CCC=C(C)C)OC5C(O)C4O)C(O)C3O)cc2)NC1=O. The average Bonchev–Trinajstić information content (AvgIpc) is 1.76. The summed E-state index contributed by atoms with van der Waals surface area (Å²) in [5.41, 5.74) is 14.1. The third kappa shape index (κ3) is 18.2. The van der Waals surface area contributed by atoms with Crippen LogP contribution in [0.3, 0.4) is 0 Å². The highest BCUT2D eigenvalue weighted by atomic mass is 16.8. The molecule has 23 N–H and O–H groups in total. The van der Waals surface area contributed by atoms with Crippen molar-refractivity contribution in [2.24, 2.45) is 27.4 Å². The number of carbonyl (C=O) groups is 6. The Morgan fingerprint density at radius 1 is 0.663 bits per heavy atom. The average molecular weight is 1430 g/mol. The summed E-state index contributed by atoms with van der Waals surface area (Å²) in [6, 6.07) is 1.22. The number of amides is 6. The Morgan fingerprint density at radius 2 is 1.32 bits per heavy atom. The largest absolute Gasteiger partial charge is 0.462 e. The van der Waals surface area contributed by atoms with Gasteiger partial charge in [0.05, 0.1) is 58.1 Å². The number of aliphatic hydroxyl groups is 12. The number of nitrogens with zero attached hydrogens (tertiary/aromatic N) is 3. The fraction of sp³-hybridized carbons (Fsp3) is 0.656. The van der Waals surface area contributed by atoms with E-state index in [1.54, 1.807) is 37.3 Å².